The number of rotatable bonds is 3. The monoisotopic (exact) mass is 380 g/mol. The van der Waals surface area contributed by atoms with Crippen LogP contribution < -0.4 is 9.64 Å². The van der Waals surface area contributed by atoms with E-state index in [1.54, 1.807) is 0 Å². The van der Waals surface area contributed by atoms with Crippen LogP contribution in [0.5, 0.6) is 5.75 Å². The summed E-state index contributed by atoms with van der Waals surface area (Å²) in [5.41, 5.74) is 0.487. The zero-order valence-corrected chi connectivity index (χ0v) is 15.4. The van der Waals surface area contributed by atoms with Gasteiger partial charge in [0.2, 0.25) is 0 Å². The summed E-state index contributed by atoms with van der Waals surface area (Å²) in [7, 11) is 4.23. The topological polar surface area (TPSA) is 66.9 Å². The van der Waals surface area contributed by atoms with Crippen molar-refractivity contribution in [1.82, 2.24) is 4.90 Å². The van der Waals surface area contributed by atoms with Gasteiger partial charge in [-0.25, -0.2) is 9.29 Å². The Bertz CT molecular complexity index is 835. The molecule has 0 atom stereocenters. The van der Waals surface area contributed by atoms with Gasteiger partial charge in [-0.1, -0.05) is 11.6 Å². The maximum atomic E-state index is 15.0. The summed E-state index contributed by atoms with van der Waals surface area (Å²) < 4.78 is 20.0. The third-order valence-corrected chi connectivity index (χ3v) is 4.99. The van der Waals surface area contributed by atoms with Gasteiger partial charge in [0.15, 0.2) is 11.6 Å². The fourth-order valence-corrected chi connectivity index (χ4v) is 3.59. The van der Waals surface area contributed by atoms with E-state index in [-0.39, 0.29) is 22.0 Å². The van der Waals surface area contributed by atoms with Crippen molar-refractivity contribution in [3.63, 3.8) is 0 Å². The van der Waals surface area contributed by atoms with E-state index in [1.165, 1.54) is 26.1 Å². The van der Waals surface area contributed by atoms with Gasteiger partial charge in [-0.15, -0.1) is 0 Å². The summed E-state index contributed by atoms with van der Waals surface area (Å²) in [6.45, 7) is 0. The van der Waals surface area contributed by atoms with Gasteiger partial charge in [0.25, 0.3) is 17.7 Å². The van der Waals surface area contributed by atoms with Crippen LogP contribution in [0.4, 0.5) is 10.1 Å². The molecule has 1 aromatic carbocycles. The van der Waals surface area contributed by atoms with Gasteiger partial charge >= 0.3 is 0 Å². The number of benzene rings is 1. The molecule has 0 saturated carbocycles. The molecule has 0 radical (unpaired) electrons. The Morgan fingerprint density at radius 3 is 2.19 bits per heavy atom. The smallest absolute Gasteiger partial charge is 0.261 e. The summed E-state index contributed by atoms with van der Waals surface area (Å²) in [4.78, 5) is 39.9. The Balaban J connectivity index is 2.17. The molecule has 0 spiro atoms. The Hall–Kier alpha value is -2.41. The van der Waals surface area contributed by atoms with E-state index in [9.17, 15) is 18.8 Å². The highest BCUT2D eigenvalue weighted by atomic mass is 35.5. The second kappa shape index (κ2) is 6.72. The van der Waals surface area contributed by atoms with Crippen LogP contribution in [0.15, 0.2) is 17.2 Å². The first-order valence-corrected chi connectivity index (χ1v) is 8.55. The van der Waals surface area contributed by atoms with Gasteiger partial charge in [-0.3, -0.25) is 14.4 Å². The first-order valence-electron chi connectivity index (χ1n) is 8.18. The number of halogens is 2. The molecule has 0 bridgehead atoms. The minimum atomic E-state index is -0.950. The Morgan fingerprint density at radius 2 is 1.73 bits per heavy atom. The first kappa shape index (κ1) is 18.4. The van der Waals surface area contributed by atoms with Gasteiger partial charge in [-0.05, 0) is 31.7 Å². The van der Waals surface area contributed by atoms with Crippen LogP contribution in [0.1, 0.15) is 36.0 Å². The van der Waals surface area contributed by atoms with Crippen molar-refractivity contribution < 1.29 is 23.5 Å². The quantitative estimate of drug-likeness (QED) is 0.756. The molecule has 2 aliphatic rings. The molecule has 26 heavy (non-hydrogen) atoms. The third kappa shape index (κ3) is 2.67. The van der Waals surface area contributed by atoms with E-state index in [1.807, 2.05) is 0 Å². The molecule has 0 N–H and O–H groups in total. The standard InChI is InChI=1S/C18H18ClFN2O4/c1-21(2)16(23)11-8-12(14(20)15(26-3)13(11)19)22-17(24)9-6-4-5-7-10(9)18(22)25/h8H,4-7H2,1-3H3. The zero-order chi connectivity index (χ0) is 19.2. The number of nitrogens with zero attached hydrogens (tertiary/aromatic N) is 2. The lowest BCUT2D eigenvalue weighted by Gasteiger charge is -2.21. The molecule has 1 heterocycles. The number of methoxy groups -OCH3 is 1. The van der Waals surface area contributed by atoms with Crippen molar-refractivity contribution >= 4 is 35.0 Å². The Labute approximate surface area is 155 Å². The minimum Gasteiger partial charge on any atom is -0.492 e. The molecule has 138 valence electrons. The molecule has 8 heteroatoms. The fraction of sp³-hybridized carbons (Fsp3) is 0.389. The molecule has 0 fully saturated rings. The summed E-state index contributed by atoms with van der Waals surface area (Å²) in [5.74, 6) is -2.91. The second-order valence-corrected chi connectivity index (χ2v) is 6.79. The van der Waals surface area contributed by atoms with Gasteiger partial charge in [-0.2, -0.15) is 0 Å². The van der Waals surface area contributed by atoms with Crippen molar-refractivity contribution in [3.8, 4) is 5.75 Å². The van der Waals surface area contributed by atoms with Crippen molar-refractivity contribution in [2.75, 3.05) is 26.1 Å². The van der Waals surface area contributed by atoms with Gasteiger partial charge < -0.3 is 9.64 Å². The normalized spacial score (nSPS) is 16.9. The predicted octanol–water partition coefficient (Wildman–Crippen LogP) is 2.93. The van der Waals surface area contributed by atoms with E-state index < -0.39 is 23.5 Å². The lowest BCUT2D eigenvalue weighted by Crippen LogP contribution is -2.33. The highest BCUT2D eigenvalue weighted by Gasteiger charge is 2.42. The van der Waals surface area contributed by atoms with Gasteiger partial charge in [0.05, 0.1) is 23.4 Å². The molecule has 3 amide bonds. The summed E-state index contributed by atoms with van der Waals surface area (Å²) in [6.07, 6.45) is 2.60. The molecule has 1 aliphatic heterocycles. The van der Waals surface area contributed by atoms with E-state index in [0.29, 0.717) is 24.0 Å². The second-order valence-electron chi connectivity index (χ2n) is 6.41. The average Bonchev–Trinajstić information content (AvgIpc) is 2.87. The lowest BCUT2D eigenvalue weighted by molar-refractivity contribution is -0.120. The summed E-state index contributed by atoms with van der Waals surface area (Å²) in [6, 6.07) is 1.14. The van der Waals surface area contributed by atoms with E-state index in [2.05, 4.69) is 0 Å². The highest BCUT2D eigenvalue weighted by molar-refractivity contribution is 6.36. The van der Waals surface area contributed by atoms with Crippen molar-refractivity contribution in [2.24, 2.45) is 0 Å². The van der Waals surface area contributed by atoms with Crippen LogP contribution in [0, 0.1) is 5.82 Å². The van der Waals surface area contributed by atoms with Crippen LogP contribution in [-0.2, 0) is 9.59 Å². The van der Waals surface area contributed by atoms with Gasteiger partial charge in [0.1, 0.15) is 0 Å². The van der Waals surface area contributed by atoms with E-state index in [4.69, 9.17) is 16.3 Å². The number of amides is 3. The maximum absolute atomic E-state index is 15.0. The Kier molecular flexibility index (Phi) is 4.75. The lowest BCUT2D eigenvalue weighted by atomic mass is 9.93. The van der Waals surface area contributed by atoms with Crippen LogP contribution in [0.2, 0.25) is 5.02 Å². The van der Waals surface area contributed by atoms with E-state index >= 15 is 0 Å². The summed E-state index contributed by atoms with van der Waals surface area (Å²) >= 11 is 6.12. The minimum absolute atomic E-state index is 0.0459. The maximum Gasteiger partial charge on any atom is 0.261 e. The number of hydrogen-bond acceptors (Lipinski definition) is 4. The molecule has 0 saturated heterocycles. The number of ether oxygens (including phenoxy) is 1. The zero-order valence-electron chi connectivity index (χ0n) is 14.7. The van der Waals surface area contributed by atoms with Crippen LogP contribution >= 0.6 is 11.6 Å². The molecule has 6 nitrogen and oxygen atoms in total. The highest BCUT2D eigenvalue weighted by Crippen LogP contribution is 2.42. The molecule has 0 unspecified atom stereocenters. The Morgan fingerprint density at radius 1 is 1.19 bits per heavy atom. The van der Waals surface area contributed by atoms with Crippen LogP contribution in [0.3, 0.4) is 0 Å². The average molecular weight is 381 g/mol. The molecule has 1 aliphatic carbocycles. The van der Waals surface area contributed by atoms with Crippen LogP contribution in [-0.4, -0.2) is 43.8 Å². The largest absolute Gasteiger partial charge is 0.492 e. The molecular formula is C18H18ClFN2O4. The third-order valence-electron chi connectivity index (χ3n) is 4.61. The summed E-state index contributed by atoms with van der Waals surface area (Å²) in [5, 5.41) is -0.204. The van der Waals surface area contributed by atoms with Crippen LogP contribution in [0.25, 0.3) is 0 Å². The van der Waals surface area contributed by atoms with Gasteiger partial charge in [0, 0.05) is 25.2 Å². The number of carbonyl (C=O) groups excluding carboxylic acids is 3. The number of carbonyl (C=O) groups is 3. The fourth-order valence-electron chi connectivity index (χ4n) is 3.30. The number of anilines is 1. The van der Waals surface area contributed by atoms with Crippen molar-refractivity contribution in [2.45, 2.75) is 25.7 Å². The van der Waals surface area contributed by atoms with E-state index in [0.717, 1.165) is 23.8 Å². The number of imide groups is 1. The first-order chi connectivity index (χ1) is 12.3. The molecule has 0 aromatic heterocycles. The number of hydrogen-bond donors (Lipinski definition) is 0. The SMILES string of the molecule is COc1c(F)c(N2C(=O)C3=C(CCCC3)C2=O)cc(C(=O)N(C)C)c1Cl. The predicted molar refractivity (Wildman–Crippen MR) is 94.0 cm³/mol. The molecule has 3 rings (SSSR count). The molecular weight excluding hydrogens is 363 g/mol. The molecule has 1 aromatic rings. The van der Waals surface area contributed by atoms with Crippen molar-refractivity contribution in [3.05, 3.63) is 33.6 Å². The van der Waals surface area contributed by atoms with Crippen molar-refractivity contribution in [1.29, 1.82) is 0 Å².